The summed E-state index contributed by atoms with van der Waals surface area (Å²) in [6.45, 7) is 7.64. The Morgan fingerprint density at radius 3 is 2.09 bits per heavy atom. The predicted octanol–water partition coefficient (Wildman–Crippen LogP) is 4.70. The van der Waals surface area contributed by atoms with Gasteiger partial charge in [-0.3, -0.25) is 9.59 Å². The lowest BCUT2D eigenvalue weighted by atomic mass is 9.96. The lowest BCUT2D eigenvalue weighted by Gasteiger charge is -2.28. The van der Waals surface area contributed by atoms with Crippen LogP contribution in [-0.4, -0.2) is 41.3 Å². The monoisotopic (exact) mass is 466 g/mol. The van der Waals surface area contributed by atoms with E-state index in [4.69, 9.17) is 9.84 Å². The number of amides is 2. The van der Waals surface area contributed by atoms with Crippen molar-refractivity contribution >= 4 is 18.0 Å². The maximum atomic E-state index is 12.7. The van der Waals surface area contributed by atoms with Gasteiger partial charge < -0.3 is 20.5 Å². The van der Waals surface area contributed by atoms with Gasteiger partial charge in [0.1, 0.15) is 6.61 Å². The molecule has 7 heteroatoms. The Bertz CT molecular complexity index is 1000. The molecule has 2 aromatic rings. The second-order valence-electron chi connectivity index (χ2n) is 9.85. The van der Waals surface area contributed by atoms with Crippen LogP contribution in [0.25, 0.3) is 11.1 Å². The van der Waals surface area contributed by atoms with Crippen molar-refractivity contribution in [2.24, 2.45) is 5.92 Å². The first-order valence-electron chi connectivity index (χ1n) is 11.7. The van der Waals surface area contributed by atoms with E-state index in [1.807, 2.05) is 38.1 Å². The summed E-state index contributed by atoms with van der Waals surface area (Å²) < 4.78 is 5.62. The van der Waals surface area contributed by atoms with E-state index in [9.17, 15) is 14.4 Å². The number of carboxylic acid groups (broad SMARTS) is 1. The van der Waals surface area contributed by atoms with Gasteiger partial charge in [0.15, 0.2) is 0 Å². The molecule has 0 radical (unpaired) electrons. The van der Waals surface area contributed by atoms with E-state index in [2.05, 4.69) is 34.9 Å². The molecule has 182 valence electrons. The first-order valence-corrected chi connectivity index (χ1v) is 11.7. The van der Waals surface area contributed by atoms with Crippen molar-refractivity contribution in [2.75, 3.05) is 6.61 Å². The van der Waals surface area contributed by atoms with E-state index in [1.165, 1.54) is 0 Å². The largest absolute Gasteiger partial charge is 0.481 e. The Morgan fingerprint density at radius 1 is 1.00 bits per heavy atom. The summed E-state index contributed by atoms with van der Waals surface area (Å²) in [6.07, 6.45) is -0.184. The highest BCUT2D eigenvalue weighted by molar-refractivity contribution is 5.80. The molecule has 0 aliphatic heterocycles. The van der Waals surface area contributed by atoms with Crippen LogP contribution in [0.5, 0.6) is 0 Å². The van der Waals surface area contributed by atoms with Crippen molar-refractivity contribution in [1.82, 2.24) is 10.6 Å². The van der Waals surface area contributed by atoms with Gasteiger partial charge >= 0.3 is 12.1 Å². The van der Waals surface area contributed by atoms with E-state index in [0.717, 1.165) is 22.3 Å². The van der Waals surface area contributed by atoms with Crippen LogP contribution >= 0.6 is 0 Å². The fraction of sp³-hybridized carbons (Fsp3) is 0.444. The smallest absolute Gasteiger partial charge is 0.407 e. The highest BCUT2D eigenvalue weighted by atomic mass is 16.5. The number of hydrogen-bond acceptors (Lipinski definition) is 4. The van der Waals surface area contributed by atoms with Crippen molar-refractivity contribution < 1.29 is 24.2 Å². The van der Waals surface area contributed by atoms with E-state index < -0.39 is 23.6 Å². The van der Waals surface area contributed by atoms with Gasteiger partial charge in [-0.15, -0.1) is 0 Å². The first-order chi connectivity index (χ1) is 16.1. The summed E-state index contributed by atoms with van der Waals surface area (Å²) in [5.74, 6) is -1.17. The number of nitrogens with one attached hydrogen (secondary N) is 2. The molecule has 3 N–H and O–H groups in total. The van der Waals surface area contributed by atoms with Crippen molar-refractivity contribution in [2.45, 2.75) is 64.5 Å². The number of carbonyl (C=O) groups excluding carboxylic acids is 2. The third-order valence-corrected chi connectivity index (χ3v) is 6.30. The maximum absolute atomic E-state index is 12.7. The molecular weight excluding hydrogens is 432 g/mol. The Labute approximate surface area is 200 Å². The number of carboxylic acids is 1. The van der Waals surface area contributed by atoms with Gasteiger partial charge in [-0.2, -0.15) is 0 Å². The second kappa shape index (κ2) is 10.7. The zero-order chi connectivity index (χ0) is 24.9. The molecule has 1 aliphatic rings. The van der Waals surface area contributed by atoms with E-state index in [1.54, 1.807) is 13.8 Å². The summed E-state index contributed by atoms with van der Waals surface area (Å²) in [4.78, 5) is 36.1. The summed E-state index contributed by atoms with van der Waals surface area (Å²) in [5, 5.41) is 14.6. The van der Waals surface area contributed by atoms with Gasteiger partial charge in [0, 0.05) is 30.3 Å². The van der Waals surface area contributed by atoms with Crippen LogP contribution < -0.4 is 10.6 Å². The van der Waals surface area contributed by atoms with Gasteiger partial charge in [0.05, 0.1) is 0 Å². The number of aliphatic carboxylic acids is 1. The molecule has 0 spiro atoms. The molecule has 0 bridgehead atoms. The zero-order valence-corrected chi connectivity index (χ0v) is 20.3. The molecule has 1 aliphatic carbocycles. The van der Waals surface area contributed by atoms with Crippen molar-refractivity contribution in [1.29, 1.82) is 0 Å². The normalized spacial score (nSPS) is 13.7. The zero-order valence-electron chi connectivity index (χ0n) is 20.3. The van der Waals surface area contributed by atoms with Crippen molar-refractivity contribution in [3.8, 4) is 11.1 Å². The Morgan fingerprint density at radius 2 is 1.56 bits per heavy atom. The molecule has 0 saturated carbocycles. The number of carbonyl (C=O) groups is 3. The molecule has 0 unspecified atom stereocenters. The Balaban J connectivity index is 1.57. The van der Waals surface area contributed by atoms with Gasteiger partial charge in [-0.25, -0.2) is 4.79 Å². The van der Waals surface area contributed by atoms with Gasteiger partial charge in [0.25, 0.3) is 0 Å². The molecule has 0 saturated heterocycles. The van der Waals surface area contributed by atoms with Gasteiger partial charge in [-0.1, -0.05) is 62.4 Å². The summed E-state index contributed by atoms with van der Waals surface area (Å²) >= 11 is 0. The number of rotatable bonds is 10. The summed E-state index contributed by atoms with van der Waals surface area (Å²) in [5.41, 5.74) is 3.95. The highest BCUT2D eigenvalue weighted by Crippen LogP contribution is 2.44. The Kier molecular flexibility index (Phi) is 7.97. The second-order valence-corrected chi connectivity index (χ2v) is 9.85. The van der Waals surface area contributed by atoms with Crippen LogP contribution in [0.2, 0.25) is 0 Å². The molecule has 34 heavy (non-hydrogen) atoms. The van der Waals surface area contributed by atoms with Crippen LogP contribution in [0.3, 0.4) is 0 Å². The minimum Gasteiger partial charge on any atom is -0.481 e. The standard InChI is InChI=1S/C27H34N2O5/c1-17(2)23(15-24(30)29-27(3,4)14-13-25(31)32)28-26(33)34-16-22-20-11-7-5-9-18(20)19-10-6-8-12-21(19)22/h5-12,17,22-23H,13-16H2,1-4H3,(H,28,33)(H,29,30)(H,31,32)/t23-/m1/s1. The first kappa shape index (κ1) is 25.3. The van der Waals surface area contributed by atoms with Crippen LogP contribution in [0, 0.1) is 5.92 Å². The number of benzene rings is 2. The molecule has 0 heterocycles. The SMILES string of the molecule is CC(C)[C@@H](CC(=O)NC(C)(C)CCC(=O)O)NC(=O)OCC1c2ccccc2-c2ccccc21. The third kappa shape index (κ3) is 6.37. The van der Waals surface area contributed by atoms with E-state index in [0.29, 0.717) is 6.42 Å². The number of fused-ring (bicyclic) bond motifs is 3. The van der Waals surface area contributed by atoms with Crippen molar-refractivity contribution in [3.05, 3.63) is 59.7 Å². The van der Waals surface area contributed by atoms with Crippen LogP contribution in [-0.2, 0) is 14.3 Å². The maximum Gasteiger partial charge on any atom is 0.407 e. The lowest BCUT2D eigenvalue weighted by molar-refractivity contribution is -0.137. The average molecular weight is 467 g/mol. The minimum absolute atomic E-state index is 0.00774. The average Bonchev–Trinajstić information content (AvgIpc) is 3.09. The molecule has 0 aromatic heterocycles. The fourth-order valence-corrected chi connectivity index (χ4v) is 4.35. The number of ether oxygens (including phenoxy) is 1. The molecule has 2 aromatic carbocycles. The topological polar surface area (TPSA) is 105 Å². The third-order valence-electron chi connectivity index (χ3n) is 6.30. The van der Waals surface area contributed by atoms with Crippen LogP contribution in [0.4, 0.5) is 4.79 Å². The highest BCUT2D eigenvalue weighted by Gasteiger charge is 2.30. The van der Waals surface area contributed by atoms with E-state index >= 15 is 0 Å². The number of alkyl carbamates (subject to hydrolysis) is 1. The number of hydrogen-bond donors (Lipinski definition) is 3. The van der Waals surface area contributed by atoms with Crippen LogP contribution in [0.15, 0.2) is 48.5 Å². The van der Waals surface area contributed by atoms with Gasteiger partial charge in [0.2, 0.25) is 5.91 Å². The molecule has 2 amide bonds. The van der Waals surface area contributed by atoms with E-state index in [-0.39, 0.29) is 37.2 Å². The summed E-state index contributed by atoms with van der Waals surface area (Å²) in [6, 6.07) is 15.9. The fourth-order valence-electron chi connectivity index (χ4n) is 4.35. The Hall–Kier alpha value is -3.35. The predicted molar refractivity (Wildman–Crippen MR) is 131 cm³/mol. The molecule has 3 rings (SSSR count). The quantitative estimate of drug-likeness (QED) is 0.471. The molecule has 0 fully saturated rings. The molecular formula is C27H34N2O5. The van der Waals surface area contributed by atoms with Crippen LogP contribution in [0.1, 0.15) is 64.0 Å². The lowest BCUT2D eigenvalue weighted by Crippen LogP contribution is -2.48. The van der Waals surface area contributed by atoms with Gasteiger partial charge in [-0.05, 0) is 48.4 Å². The summed E-state index contributed by atoms with van der Waals surface area (Å²) in [7, 11) is 0. The molecule has 1 atom stereocenters. The minimum atomic E-state index is -0.903. The molecule has 7 nitrogen and oxygen atoms in total. The van der Waals surface area contributed by atoms with Crippen molar-refractivity contribution in [3.63, 3.8) is 0 Å².